The second-order valence-electron chi connectivity index (χ2n) is 3.20. The van der Waals surface area contributed by atoms with Crippen LogP contribution in [0.2, 0.25) is 0 Å². The summed E-state index contributed by atoms with van der Waals surface area (Å²) in [6.45, 7) is 2.54. The van der Waals surface area contributed by atoms with Crippen LogP contribution in [0.25, 0.3) is 0 Å². The highest BCUT2D eigenvalue weighted by Crippen LogP contribution is 2.17. The SMILES string of the molecule is CCCC(=O)NCCN1C(=O)CSC1=O. The minimum atomic E-state index is -0.218. The van der Waals surface area contributed by atoms with Gasteiger partial charge in [0.1, 0.15) is 0 Å². The van der Waals surface area contributed by atoms with Crippen molar-refractivity contribution in [1.29, 1.82) is 0 Å². The van der Waals surface area contributed by atoms with Crippen LogP contribution in [0.15, 0.2) is 0 Å². The Morgan fingerprint density at radius 1 is 1.53 bits per heavy atom. The van der Waals surface area contributed by atoms with Crippen LogP contribution in [-0.4, -0.2) is 40.8 Å². The first-order chi connectivity index (χ1) is 7.15. The van der Waals surface area contributed by atoms with E-state index in [1.54, 1.807) is 0 Å². The molecule has 0 aromatic rings. The van der Waals surface area contributed by atoms with Crippen LogP contribution in [0.4, 0.5) is 4.79 Å². The number of imide groups is 1. The molecule has 0 radical (unpaired) electrons. The normalized spacial score (nSPS) is 15.9. The van der Waals surface area contributed by atoms with Gasteiger partial charge in [0.05, 0.1) is 5.75 Å². The van der Waals surface area contributed by atoms with E-state index in [-0.39, 0.29) is 29.4 Å². The summed E-state index contributed by atoms with van der Waals surface area (Å²) < 4.78 is 0. The highest BCUT2D eigenvalue weighted by Gasteiger charge is 2.29. The molecule has 1 aliphatic heterocycles. The second-order valence-corrected chi connectivity index (χ2v) is 4.13. The van der Waals surface area contributed by atoms with Crippen molar-refractivity contribution in [2.45, 2.75) is 19.8 Å². The molecule has 1 rings (SSSR count). The van der Waals surface area contributed by atoms with Gasteiger partial charge in [-0.2, -0.15) is 0 Å². The average Bonchev–Trinajstić information content (AvgIpc) is 2.49. The van der Waals surface area contributed by atoms with E-state index in [9.17, 15) is 14.4 Å². The zero-order chi connectivity index (χ0) is 11.3. The van der Waals surface area contributed by atoms with Crippen molar-refractivity contribution in [3.8, 4) is 0 Å². The molecular weight excluding hydrogens is 216 g/mol. The fraction of sp³-hybridized carbons (Fsp3) is 0.667. The van der Waals surface area contributed by atoms with E-state index in [1.807, 2.05) is 6.92 Å². The number of amides is 3. The van der Waals surface area contributed by atoms with Gasteiger partial charge < -0.3 is 5.32 Å². The first kappa shape index (κ1) is 12.0. The summed E-state index contributed by atoms with van der Waals surface area (Å²) in [5.74, 6) is 0.0147. The quantitative estimate of drug-likeness (QED) is 0.751. The molecule has 1 heterocycles. The third-order valence-electron chi connectivity index (χ3n) is 1.98. The Labute approximate surface area is 92.6 Å². The fourth-order valence-electron chi connectivity index (χ4n) is 1.22. The fourth-order valence-corrected chi connectivity index (χ4v) is 1.97. The maximum atomic E-state index is 11.2. The van der Waals surface area contributed by atoms with Crippen molar-refractivity contribution in [3.05, 3.63) is 0 Å². The van der Waals surface area contributed by atoms with Crippen LogP contribution in [0.5, 0.6) is 0 Å². The van der Waals surface area contributed by atoms with Gasteiger partial charge in [0, 0.05) is 19.5 Å². The van der Waals surface area contributed by atoms with E-state index in [4.69, 9.17) is 0 Å². The zero-order valence-electron chi connectivity index (χ0n) is 8.62. The number of nitrogens with zero attached hydrogens (tertiary/aromatic N) is 1. The Hall–Kier alpha value is -1.04. The lowest BCUT2D eigenvalue weighted by Crippen LogP contribution is -2.37. The molecule has 1 saturated heterocycles. The molecule has 0 spiro atoms. The van der Waals surface area contributed by atoms with Crippen molar-refractivity contribution >= 4 is 28.8 Å². The molecule has 15 heavy (non-hydrogen) atoms. The topological polar surface area (TPSA) is 66.5 Å². The number of carbonyl (C=O) groups excluding carboxylic acids is 3. The molecule has 3 amide bonds. The smallest absolute Gasteiger partial charge is 0.288 e. The molecule has 6 heteroatoms. The number of hydrogen-bond acceptors (Lipinski definition) is 4. The summed E-state index contributed by atoms with van der Waals surface area (Å²) in [6.07, 6.45) is 1.28. The maximum absolute atomic E-state index is 11.2. The van der Waals surface area contributed by atoms with Crippen molar-refractivity contribution in [2.24, 2.45) is 0 Å². The van der Waals surface area contributed by atoms with Gasteiger partial charge in [0.15, 0.2) is 0 Å². The van der Waals surface area contributed by atoms with Gasteiger partial charge in [-0.1, -0.05) is 18.7 Å². The molecule has 0 aliphatic carbocycles. The standard InChI is InChI=1S/C9H14N2O3S/c1-2-3-7(12)10-4-5-11-8(13)6-15-9(11)14/h2-6H2,1H3,(H,10,12). The Morgan fingerprint density at radius 2 is 2.27 bits per heavy atom. The van der Waals surface area contributed by atoms with Crippen molar-refractivity contribution in [2.75, 3.05) is 18.8 Å². The van der Waals surface area contributed by atoms with Gasteiger partial charge in [0.2, 0.25) is 11.8 Å². The van der Waals surface area contributed by atoms with Crippen LogP contribution >= 0.6 is 11.8 Å². The van der Waals surface area contributed by atoms with Crippen LogP contribution in [0.1, 0.15) is 19.8 Å². The molecule has 1 N–H and O–H groups in total. The third kappa shape index (κ3) is 3.54. The van der Waals surface area contributed by atoms with Gasteiger partial charge in [0.25, 0.3) is 5.24 Å². The van der Waals surface area contributed by atoms with Gasteiger partial charge in [-0.3, -0.25) is 19.3 Å². The van der Waals surface area contributed by atoms with E-state index >= 15 is 0 Å². The predicted octanol–water partition coefficient (Wildman–Crippen LogP) is 0.598. The molecule has 5 nitrogen and oxygen atoms in total. The first-order valence-electron chi connectivity index (χ1n) is 4.89. The second kappa shape index (κ2) is 5.75. The molecule has 0 aromatic carbocycles. The molecule has 0 saturated carbocycles. The highest BCUT2D eigenvalue weighted by atomic mass is 32.2. The van der Waals surface area contributed by atoms with E-state index in [2.05, 4.69) is 5.32 Å². The number of nitrogens with one attached hydrogen (secondary N) is 1. The lowest BCUT2D eigenvalue weighted by atomic mass is 10.3. The van der Waals surface area contributed by atoms with Crippen LogP contribution in [-0.2, 0) is 9.59 Å². The summed E-state index contributed by atoms with van der Waals surface area (Å²) in [6, 6.07) is 0. The van der Waals surface area contributed by atoms with E-state index in [0.717, 1.165) is 18.2 Å². The molecule has 84 valence electrons. The molecule has 0 aromatic heterocycles. The molecular formula is C9H14N2O3S. The molecule has 0 unspecified atom stereocenters. The number of rotatable bonds is 5. The van der Waals surface area contributed by atoms with Crippen LogP contribution < -0.4 is 5.32 Å². The van der Waals surface area contributed by atoms with Crippen molar-refractivity contribution in [3.63, 3.8) is 0 Å². The predicted molar refractivity (Wildman–Crippen MR) is 57.5 cm³/mol. The molecule has 1 aliphatic rings. The molecule has 1 fully saturated rings. The largest absolute Gasteiger partial charge is 0.354 e. The van der Waals surface area contributed by atoms with Crippen molar-refractivity contribution in [1.82, 2.24) is 10.2 Å². The maximum Gasteiger partial charge on any atom is 0.288 e. The minimum Gasteiger partial charge on any atom is -0.354 e. The lowest BCUT2D eigenvalue weighted by Gasteiger charge is -2.12. The zero-order valence-corrected chi connectivity index (χ0v) is 9.43. The lowest BCUT2D eigenvalue weighted by molar-refractivity contribution is -0.125. The van der Waals surface area contributed by atoms with Crippen molar-refractivity contribution < 1.29 is 14.4 Å². The Kier molecular flexibility index (Phi) is 4.61. The summed E-state index contributed by atoms with van der Waals surface area (Å²) in [5.41, 5.74) is 0. The van der Waals surface area contributed by atoms with Gasteiger partial charge in [-0.25, -0.2) is 0 Å². The number of carbonyl (C=O) groups is 3. The average molecular weight is 230 g/mol. The van der Waals surface area contributed by atoms with Gasteiger partial charge in [-0.05, 0) is 6.42 Å². The molecule has 0 bridgehead atoms. The van der Waals surface area contributed by atoms with Gasteiger partial charge >= 0.3 is 0 Å². The minimum absolute atomic E-state index is 0.0377. The Bertz CT molecular complexity index is 265. The summed E-state index contributed by atoms with van der Waals surface area (Å²) in [7, 11) is 0. The first-order valence-corrected chi connectivity index (χ1v) is 5.87. The van der Waals surface area contributed by atoms with E-state index < -0.39 is 0 Å². The van der Waals surface area contributed by atoms with Crippen LogP contribution in [0, 0.1) is 0 Å². The number of thioether (sulfide) groups is 1. The summed E-state index contributed by atoms with van der Waals surface area (Å²) in [4.78, 5) is 34.6. The van der Waals surface area contributed by atoms with Gasteiger partial charge in [-0.15, -0.1) is 0 Å². The Morgan fingerprint density at radius 3 is 2.80 bits per heavy atom. The third-order valence-corrected chi connectivity index (χ3v) is 2.83. The molecule has 0 atom stereocenters. The van der Waals surface area contributed by atoms with E-state index in [1.165, 1.54) is 4.90 Å². The highest BCUT2D eigenvalue weighted by molar-refractivity contribution is 8.14. The summed E-state index contributed by atoms with van der Waals surface area (Å²) in [5, 5.41) is 2.44. The summed E-state index contributed by atoms with van der Waals surface area (Å²) >= 11 is 1.01. The Balaban J connectivity index is 2.22. The van der Waals surface area contributed by atoms with Crippen LogP contribution in [0.3, 0.4) is 0 Å². The number of hydrogen-bond donors (Lipinski definition) is 1. The van der Waals surface area contributed by atoms with E-state index in [0.29, 0.717) is 13.0 Å². The monoisotopic (exact) mass is 230 g/mol.